The maximum Gasteiger partial charge on any atom is 0.251 e. The van der Waals surface area contributed by atoms with Gasteiger partial charge in [0.1, 0.15) is 0 Å². The first-order chi connectivity index (χ1) is 11.3. The molecule has 0 spiro atoms. The Morgan fingerprint density at radius 3 is 2.61 bits per heavy atom. The maximum atomic E-state index is 12.6. The molecular weight excluding hydrogens is 306 g/mol. The summed E-state index contributed by atoms with van der Waals surface area (Å²) in [4.78, 5) is 13.9. The van der Waals surface area contributed by atoms with Crippen molar-refractivity contribution >= 4 is 17.2 Å². The number of benzene rings is 1. The largest absolute Gasteiger partial charge is 0.380 e. The van der Waals surface area contributed by atoms with Gasteiger partial charge >= 0.3 is 0 Å². The van der Waals surface area contributed by atoms with Crippen LogP contribution in [0.15, 0.2) is 41.8 Å². The summed E-state index contributed by atoms with van der Waals surface area (Å²) >= 11 is 1.73. The average Bonchev–Trinajstić information content (AvgIpc) is 3.27. The molecule has 0 radical (unpaired) electrons. The molecule has 1 heterocycles. The summed E-state index contributed by atoms with van der Waals surface area (Å²) in [6, 6.07) is 12.0. The van der Waals surface area contributed by atoms with Gasteiger partial charge in [0.25, 0.3) is 5.91 Å². The minimum atomic E-state index is 0.0132. The second-order valence-corrected chi connectivity index (χ2v) is 7.12. The van der Waals surface area contributed by atoms with Crippen LogP contribution in [0.4, 0.5) is 0 Å². The van der Waals surface area contributed by atoms with E-state index in [-0.39, 0.29) is 11.9 Å². The molecule has 1 fully saturated rings. The lowest BCUT2D eigenvalue weighted by Crippen LogP contribution is -2.32. The number of thiophene rings is 1. The Balaban J connectivity index is 1.72. The Morgan fingerprint density at radius 2 is 2.00 bits per heavy atom. The highest BCUT2D eigenvalue weighted by atomic mass is 32.1. The molecule has 1 aliphatic carbocycles. The zero-order valence-electron chi connectivity index (χ0n) is 13.5. The average molecular weight is 329 g/mol. The molecule has 1 aliphatic rings. The molecule has 1 amide bonds. The highest BCUT2D eigenvalue weighted by Gasteiger charge is 2.28. The summed E-state index contributed by atoms with van der Waals surface area (Å²) in [7, 11) is 1.67. The number of nitrogens with one attached hydrogen (secondary N) is 1. The second-order valence-electron chi connectivity index (χ2n) is 6.14. The van der Waals surface area contributed by atoms with Crippen molar-refractivity contribution in [2.24, 2.45) is 5.92 Å². The molecule has 2 aromatic rings. The van der Waals surface area contributed by atoms with Gasteiger partial charge in [-0.25, -0.2) is 0 Å². The lowest BCUT2D eigenvalue weighted by atomic mass is 9.96. The van der Waals surface area contributed by atoms with E-state index in [1.54, 1.807) is 18.4 Å². The minimum Gasteiger partial charge on any atom is -0.380 e. The normalized spacial score (nSPS) is 16.4. The third-order valence-corrected chi connectivity index (χ3v) is 5.49. The Bertz CT molecular complexity index is 615. The number of hydrogen-bond donors (Lipinski definition) is 1. The number of carbonyl (C=O) groups excluding carboxylic acids is 1. The molecule has 1 aromatic heterocycles. The molecule has 1 aromatic carbocycles. The van der Waals surface area contributed by atoms with Crippen LogP contribution in [0.1, 0.15) is 52.5 Å². The molecular formula is C19H23NO2S. The van der Waals surface area contributed by atoms with Gasteiger partial charge in [-0.05, 0) is 47.9 Å². The molecule has 1 N–H and O–H groups in total. The monoisotopic (exact) mass is 329 g/mol. The molecule has 23 heavy (non-hydrogen) atoms. The Kier molecular flexibility index (Phi) is 5.47. The van der Waals surface area contributed by atoms with E-state index in [9.17, 15) is 4.79 Å². The van der Waals surface area contributed by atoms with Gasteiger partial charge in [0.05, 0.1) is 12.6 Å². The number of carbonyl (C=O) groups is 1. The predicted molar refractivity (Wildman–Crippen MR) is 93.6 cm³/mol. The van der Waals surface area contributed by atoms with E-state index in [2.05, 4.69) is 22.8 Å². The summed E-state index contributed by atoms with van der Waals surface area (Å²) in [5.74, 6) is 0.574. The molecule has 3 nitrogen and oxygen atoms in total. The van der Waals surface area contributed by atoms with Crippen LogP contribution < -0.4 is 5.32 Å². The van der Waals surface area contributed by atoms with E-state index in [0.717, 1.165) is 5.56 Å². The van der Waals surface area contributed by atoms with Crippen LogP contribution >= 0.6 is 11.3 Å². The number of methoxy groups -OCH3 is 1. The quantitative estimate of drug-likeness (QED) is 0.844. The standard InChI is InChI=1S/C19H23NO2S/c1-22-13-14-8-10-16(11-9-14)19(21)20-18(15-5-2-3-6-15)17-7-4-12-23-17/h4,7-12,15,18H,2-3,5-6,13H2,1H3,(H,20,21). The van der Waals surface area contributed by atoms with Crippen LogP contribution in [0.5, 0.6) is 0 Å². The van der Waals surface area contributed by atoms with Gasteiger partial charge in [-0.1, -0.05) is 31.0 Å². The summed E-state index contributed by atoms with van der Waals surface area (Å²) in [5.41, 5.74) is 1.79. The molecule has 0 bridgehead atoms. The lowest BCUT2D eigenvalue weighted by molar-refractivity contribution is 0.0922. The van der Waals surface area contributed by atoms with E-state index in [1.807, 2.05) is 24.3 Å². The third kappa shape index (κ3) is 4.01. The zero-order chi connectivity index (χ0) is 16.1. The van der Waals surface area contributed by atoms with Crippen molar-refractivity contribution in [3.63, 3.8) is 0 Å². The van der Waals surface area contributed by atoms with Crippen LogP contribution in [-0.2, 0) is 11.3 Å². The van der Waals surface area contributed by atoms with Crippen LogP contribution in [0.3, 0.4) is 0 Å². The number of hydrogen-bond acceptors (Lipinski definition) is 3. The van der Waals surface area contributed by atoms with Crippen molar-refractivity contribution < 1.29 is 9.53 Å². The summed E-state index contributed by atoms with van der Waals surface area (Å²) in [5, 5.41) is 5.36. The van der Waals surface area contributed by atoms with Gasteiger partial charge in [0, 0.05) is 17.6 Å². The van der Waals surface area contributed by atoms with E-state index in [0.29, 0.717) is 18.1 Å². The van der Waals surface area contributed by atoms with Crippen LogP contribution in [0.25, 0.3) is 0 Å². The lowest BCUT2D eigenvalue weighted by Gasteiger charge is -2.24. The molecule has 1 atom stereocenters. The highest BCUT2D eigenvalue weighted by Crippen LogP contribution is 2.37. The van der Waals surface area contributed by atoms with Gasteiger partial charge in [-0.15, -0.1) is 11.3 Å². The van der Waals surface area contributed by atoms with Gasteiger partial charge < -0.3 is 10.1 Å². The predicted octanol–water partition coefficient (Wildman–Crippen LogP) is 4.56. The van der Waals surface area contributed by atoms with E-state index < -0.39 is 0 Å². The van der Waals surface area contributed by atoms with Crippen molar-refractivity contribution in [3.05, 3.63) is 57.8 Å². The van der Waals surface area contributed by atoms with Crippen LogP contribution in [-0.4, -0.2) is 13.0 Å². The van der Waals surface area contributed by atoms with E-state index in [1.165, 1.54) is 30.6 Å². The molecule has 0 saturated heterocycles. The summed E-state index contributed by atoms with van der Waals surface area (Å²) < 4.78 is 5.11. The number of ether oxygens (including phenoxy) is 1. The Labute approximate surface area is 141 Å². The second kappa shape index (κ2) is 7.75. The van der Waals surface area contributed by atoms with Crippen molar-refractivity contribution in [3.8, 4) is 0 Å². The fraction of sp³-hybridized carbons (Fsp3) is 0.421. The van der Waals surface area contributed by atoms with Gasteiger partial charge in [-0.2, -0.15) is 0 Å². The first kappa shape index (κ1) is 16.2. The van der Waals surface area contributed by atoms with Gasteiger partial charge in [0.2, 0.25) is 0 Å². The fourth-order valence-corrected chi connectivity index (χ4v) is 4.19. The highest BCUT2D eigenvalue weighted by molar-refractivity contribution is 7.10. The minimum absolute atomic E-state index is 0.0132. The first-order valence-electron chi connectivity index (χ1n) is 8.20. The van der Waals surface area contributed by atoms with Crippen molar-refractivity contribution in [1.82, 2.24) is 5.32 Å². The van der Waals surface area contributed by atoms with Crippen LogP contribution in [0.2, 0.25) is 0 Å². The number of amides is 1. The zero-order valence-corrected chi connectivity index (χ0v) is 14.3. The molecule has 122 valence electrons. The summed E-state index contributed by atoms with van der Waals surface area (Å²) in [6.45, 7) is 0.571. The SMILES string of the molecule is COCc1ccc(C(=O)NC(c2cccs2)C2CCCC2)cc1. The summed E-state index contributed by atoms with van der Waals surface area (Å²) in [6.07, 6.45) is 4.95. The molecule has 1 unspecified atom stereocenters. The Morgan fingerprint density at radius 1 is 1.26 bits per heavy atom. The number of rotatable bonds is 6. The van der Waals surface area contributed by atoms with Crippen molar-refractivity contribution in [1.29, 1.82) is 0 Å². The third-order valence-electron chi connectivity index (χ3n) is 4.53. The first-order valence-corrected chi connectivity index (χ1v) is 9.08. The van der Waals surface area contributed by atoms with Gasteiger partial charge in [0.15, 0.2) is 0 Å². The smallest absolute Gasteiger partial charge is 0.251 e. The van der Waals surface area contributed by atoms with E-state index >= 15 is 0 Å². The molecule has 0 aliphatic heterocycles. The molecule has 3 rings (SSSR count). The van der Waals surface area contributed by atoms with Gasteiger partial charge in [-0.3, -0.25) is 4.79 Å². The van der Waals surface area contributed by atoms with E-state index in [4.69, 9.17) is 4.74 Å². The van der Waals surface area contributed by atoms with Crippen molar-refractivity contribution in [2.75, 3.05) is 7.11 Å². The molecule has 4 heteroatoms. The van der Waals surface area contributed by atoms with Crippen LogP contribution in [0, 0.1) is 5.92 Å². The topological polar surface area (TPSA) is 38.3 Å². The molecule has 1 saturated carbocycles. The van der Waals surface area contributed by atoms with Crippen molar-refractivity contribution in [2.45, 2.75) is 38.3 Å². The fourth-order valence-electron chi connectivity index (χ4n) is 3.32. The maximum absolute atomic E-state index is 12.6. The Hall–Kier alpha value is -1.65.